The Labute approximate surface area is 196 Å². The molecule has 1 saturated carbocycles. The van der Waals surface area contributed by atoms with E-state index in [2.05, 4.69) is 0 Å². The molecule has 8 heteroatoms. The summed E-state index contributed by atoms with van der Waals surface area (Å²) in [5.74, 6) is 0.653. The first-order valence-corrected chi connectivity index (χ1v) is 11.9. The van der Waals surface area contributed by atoms with Crippen molar-refractivity contribution in [1.29, 1.82) is 0 Å². The van der Waals surface area contributed by atoms with Crippen LogP contribution in [0.15, 0.2) is 45.7 Å². The van der Waals surface area contributed by atoms with Crippen molar-refractivity contribution in [2.75, 3.05) is 0 Å². The smallest absolute Gasteiger partial charge is 0.306 e. The fourth-order valence-electron chi connectivity index (χ4n) is 4.10. The quantitative estimate of drug-likeness (QED) is 0.435. The molecule has 2 aromatic rings. The molecule has 2 atom stereocenters. The van der Waals surface area contributed by atoms with E-state index in [0.717, 1.165) is 24.2 Å². The summed E-state index contributed by atoms with van der Waals surface area (Å²) in [4.78, 5) is 26.5. The number of carbonyl (C=O) groups is 2. The van der Waals surface area contributed by atoms with Crippen LogP contribution in [0, 0.1) is 5.92 Å². The number of amides is 1. The number of furan rings is 1. The first-order valence-electron chi connectivity index (χ1n) is 10.7. The lowest BCUT2D eigenvalue weighted by molar-refractivity contribution is -0.144. The Hall–Kier alpha value is -2.58. The zero-order valence-corrected chi connectivity index (χ0v) is 19.6. The summed E-state index contributed by atoms with van der Waals surface area (Å²) in [6, 6.07) is 11.2. The maximum absolute atomic E-state index is 13.0. The summed E-state index contributed by atoms with van der Waals surface area (Å²) in [6.07, 6.45) is 4.45. The second-order valence-corrected chi connectivity index (χ2v) is 9.98. The SMILES string of the molecule is CC(C)Oc1ccc(-c2ccc(C=C3SC(=S)N(C4CCCC(C(=O)O)C4)C3=O)o2)cc1. The number of thiocarbonyl (C=S) groups is 1. The van der Waals surface area contributed by atoms with Crippen LogP contribution >= 0.6 is 24.0 Å². The van der Waals surface area contributed by atoms with Crippen LogP contribution in [0.3, 0.4) is 0 Å². The van der Waals surface area contributed by atoms with E-state index in [1.54, 1.807) is 11.0 Å². The number of hydrogen-bond acceptors (Lipinski definition) is 6. The van der Waals surface area contributed by atoms with Crippen LogP contribution in [-0.2, 0) is 9.59 Å². The van der Waals surface area contributed by atoms with Crippen LogP contribution in [0.5, 0.6) is 5.75 Å². The predicted octanol–water partition coefficient (Wildman–Crippen LogP) is 5.58. The minimum absolute atomic E-state index is 0.110. The van der Waals surface area contributed by atoms with E-state index in [9.17, 15) is 14.7 Å². The Morgan fingerprint density at radius 1 is 1.25 bits per heavy atom. The molecule has 1 amide bonds. The molecule has 168 valence electrons. The molecule has 1 aromatic carbocycles. The fourth-order valence-corrected chi connectivity index (χ4v) is 5.48. The van der Waals surface area contributed by atoms with E-state index in [1.165, 1.54) is 11.8 Å². The number of aliphatic carboxylic acids is 1. The average Bonchev–Trinajstić information content (AvgIpc) is 3.32. The zero-order chi connectivity index (χ0) is 22.8. The molecule has 0 bridgehead atoms. The number of hydrogen-bond donors (Lipinski definition) is 1. The molecule has 1 aromatic heterocycles. The van der Waals surface area contributed by atoms with E-state index in [1.807, 2.05) is 50.2 Å². The third kappa shape index (κ3) is 4.91. The van der Waals surface area contributed by atoms with E-state index in [4.69, 9.17) is 21.4 Å². The van der Waals surface area contributed by atoms with Crippen LogP contribution in [0.25, 0.3) is 17.4 Å². The molecular formula is C24H25NO5S2. The van der Waals surface area contributed by atoms with Crippen molar-refractivity contribution in [1.82, 2.24) is 4.90 Å². The first kappa shape index (κ1) is 22.6. The summed E-state index contributed by atoms with van der Waals surface area (Å²) in [5.41, 5.74) is 0.912. The molecule has 2 fully saturated rings. The largest absolute Gasteiger partial charge is 0.491 e. The molecule has 32 heavy (non-hydrogen) atoms. The highest BCUT2D eigenvalue weighted by molar-refractivity contribution is 8.26. The lowest BCUT2D eigenvalue weighted by Gasteiger charge is -2.32. The number of benzene rings is 1. The van der Waals surface area contributed by atoms with E-state index in [0.29, 0.717) is 33.6 Å². The molecule has 0 spiro atoms. The number of thioether (sulfide) groups is 1. The minimum atomic E-state index is -0.803. The topological polar surface area (TPSA) is 80.0 Å². The monoisotopic (exact) mass is 471 g/mol. The van der Waals surface area contributed by atoms with Gasteiger partial charge in [0, 0.05) is 17.7 Å². The fraction of sp³-hybridized carbons (Fsp3) is 0.375. The highest BCUT2D eigenvalue weighted by Crippen LogP contribution is 2.39. The van der Waals surface area contributed by atoms with Gasteiger partial charge in [-0.3, -0.25) is 14.5 Å². The molecular weight excluding hydrogens is 446 g/mol. The maximum atomic E-state index is 13.0. The van der Waals surface area contributed by atoms with Gasteiger partial charge in [0.05, 0.1) is 16.9 Å². The lowest BCUT2D eigenvalue weighted by atomic mass is 9.85. The Morgan fingerprint density at radius 3 is 2.69 bits per heavy atom. The van der Waals surface area contributed by atoms with Crippen molar-refractivity contribution in [3.63, 3.8) is 0 Å². The molecule has 1 N–H and O–H groups in total. The van der Waals surface area contributed by atoms with Gasteiger partial charge in [0.2, 0.25) is 0 Å². The van der Waals surface area contributed by atoms with Gasteiger partial charge in [-0.1, -0.05) is 30.4 Å². The Bertz CT molecular complexity index is 1060. The highest BCUT2D eigenvalue weighted by atomic mass is 32.2. The average molecular weight is 472 g/mol. The van der Waals surface area contributed by atoms with Gasteiger partial charge in [0.25, 0.3) is 5.91 Å². The first-order chi connectivity index (χ1) is 15.3. The van der Waals surface area contributed by atoms with Crippen LogP contribution in [0.4, 0.5) is 0 Å². The molecule has 6 nitrogen and oxygen atoms in total. The molecule has 4 rings (SSSR count). The number of nitrogens with zero attached hydrogens (tertiary/aromatic N) is 1. The summed E-state index contributed by atoms with van der Waals surface area (Å²) >= 11 is 6.69. The van der Waals surface area contributed by atoms with Gasteiger partial charge in [-0.25, -0.2) is 0 Å². The predicted molar refractivity (Wildman–Crippen MR) is 128 cm³/mol. The van der Waals surface area contributed by atoms with E-state index >= 15 is 0 Å². The van der Waals surface area contributed by atoms with Crippen molar-refractivity contribution in [3.8, 4) is 17.1 Å². The summed E-state index contributed by atoms with van der Waals surface area (Å²) < 4.78 is 12.1. The third-order valence-corrected chi connectivity index (χ3v) is 6.93. The number of ether oxygens (including phenoxy) is 1. The second kappa shape index (κ2) is 9.50. The van der Waals surface area contributed by atoms with Gasteiger partial charge < -0.3 is 14.3 Å². The van der Waals surface area contributed by atoms with Crippen molar-refractivity contribution >= 4 is 46.3 Å². The van der Waals surface area contributed by atoms with Gasteiger partial charge in [0.15, 0.2) is 0 Å². The van der Waals surface area contributed by atoms with Crippen LogP contribution in [0.2, 0.25) is 0 Å². The van der Waals surface area contributed by atoms with Crippen molar-refractivity contribution in [3.05, 3.63) is 47.1 Å². The molecule has 1 aliphatic heterocycles. The maximum Gasteiger partial charge on any atom is 0.306 e. The molecule has 1 saturated heterocycles. The van der Waals surface area contributed by atoms with E-state index < -0.39 is 11.9 Å². The zero-order valence-electron chi connectivity index (χ0n) is 17.9. The molecule has 1 aliphatic carbocycles. The molecule has 2 aliphatic rings. The van der Waals surface area contributed by atoms with Crippen molar-refractivity contribution in [2.45, 2.75) is 51.7 Å². The van der Waals surface area contributed by atoms with Crippen molar-refractivity contribution in [2.24, 2.45) is 5.92 Å². The van der Waals surface area contributed by atoms with Crippen LogP contribution in [-0.4, -0.2) is 38.3 Å². The molecule has 2 heterocycles. The van der Waals surface area contributed by atoms with Crippen LogP contribution < -0.4 is 4.74 Å². The number of carboxylic acids is 1. The Morgan fingerprint density at radius 2 is 2.00 bits per heavy atom. The lowest BCUT2D eigenvalue weighted by Crippen LogP contribution is -2.42. The third-order valence-electron chi connectivity index (χ3n) is 5.60. The Kier molecular flexibility index (Phi) is 6.71. The summed E-state index contributed by atoms with van der Waals surface area (Å²) in [7, 11) is 0. The minimum Gasteiger partial charge on any atom is -0.491 e. The van der Waals surface area contributed by atoms with Gasteiger partial charge in [-0.2, -0.15) is 0 Å². The summed E-state index contributed by atoms with van der Waals surface area (Å²) in [6.45, 7) is 3.96. The van der Waals surface area contributed by atoms with E-state index in [-0.39, 0.29) is 18.1 Å². The number of rotatable bonds is 6. The highest BCUT2D eigenvalue weighted by Gasteiger charge is 2.40. The van der Waals surface area contributed by atoms with Gasteiger partial charge in [0.1, 0.15) is 21.6 Å². The number of carbonyl (C=O) groups excluding carboxylic acids is 1. The normalized spacial score (nSPS) is 22.7. The van der Waals surface area contributed by atoms with Crippen molar-refractivity contribution < 1.29 is 23.8 Å². The van der Waals surface area contributed by atoms with Gasteiger partial charge in [-0.15, -0.1) is 0 Å². The standard InChI is InChI=1S/C24H25NO5S2/c1-14(2)29-18-8-6-15(7-9-18)20-11-10-19(30-20)13-21-22(26)25(24(31)32-21)17-5-3-4-16(12-17)23(27)28/h6-11,13-14,16-17H,3-5,12H2,1-2H3,(H,27,28). The van der Waals surface area contributed by atoms with Crippen LogP contribution in [0.1, 0.15) is 45.3 Å². The Balaban J connectivity index is 1.48. The van der Waals surface area contributed by atoms with Gasteiger partial charge >= 0.3 is 5.97 Å². The molecule has 0 radical (unpaired) electrons. The second-order valence-electron chi connectivity index (χ2n) is 8.30. The summed E-state index contributed by atoms with van der Waals surface area (Å²) in [5, 5.41) is 9.35. The van der Waals surface area contributed by atoms with Gasteiger partial charge in [-0.05, 0) is 69.5 Å². The number of carboxylic acid groups (broad SMARTS) is 1. The molecule has 2 unspecified atom stereocenters.